The zero-order valence-electron chi connectivity index (χ0n) is 11.8. The van der Waals surface area contributed by atoms with Crippen molar-refractivity contribution in [3.05, 3.63) is 29.3 Å². The van der Waals surface area contributed by atoms with E-state index >= 15 is 0 Å². The summed E-state index contributed by atoms with van der Waals surface area (Å²) in [6, 6.07) is 6.56. The Labute approximate surface area is 114 Å². The number of oxime groups is 1. The van der Waals surface area contributed by atoms with Gasteiger partial charge >= 0.3 is 0 Å². The lowest BCUT2D eigenvalue weighted by atomic mass is 10.1. The summed E-state index contributed by atoms with van der Waals surface area (Å²) in [7, 11) is 4.21. The highest BCUT2D eigenvalue weighted by molar-refractivity contribution is 6.02. The summed E-state index contributed by atoms with van der Waals surface area (Å²) in [6.45, 7) is 4.03. The molecule has 0 aliphatic carbocycles. The van der Waals surface area contributed by atoms with Crippen molar-refractivity contribution in [2.75, 3.05) is 32.1 Å². The SMILES string of the molecule is Cc1ccc(C(N)=NO)c(N2CCC(N(C)C)C2)c1. The van der Waals surface area contributed by atoms with E-state index in [9.17, 15) is 0 Å². The molecular weight excluding hydrogens is 240 g/mol. The van der Waals surface area contributed by atoms with Crippen molar-refractivity contribution in [3.8, 4) is 0 Å². The molecule has 5 heteroatoms. The number of hydrogen-bond donors (Lipinski definition) is 2. The van der Waals surface area contributed by atoms with E-state index in [-0.39, 0.29) is 5.84 Å². The minimum atomic E-state index is 0.170. The molecule has 1 saturated heterocycles. The first-order valence-corrected chi connectivity index (χ1v) is 6.53. The van der Waals surface area contributed by atoms with Crippen LogP contribution in [0.15, 0.2) is 23.4 Å². The number of aryl methyl sites for hydroxylation is 1. The highest BCUT2D eigenvalue weighted by Gasteiger charge is 2.26. The van der Waals surface area contributed by atoms with Crippen LogP contribution in [0, 0.1) is 6.92 Å². The maximum Gasteiger partial charge on any atom is 0.172 e. The lowest BCUT2D eigenvalue weighted by Crippen LogP contribution is -2.32. The van der Waals surface area contributed by atoms with Crippen LogP contribution >= 0.6 is 0 Å². The number of nitrogens with zero attached hydrogens (tertiary/aromatic N) is 3. The fourth-order valence-electron chi connectivity index (χ4n) is 2.56. The lowest BCUT2D eigenvalue weighted by Gasteiger charge is -2.24. The Bertz CT molecular complexity index is 484. The monoisotopic (exact) mass is 262 g/mol. The molecule has 0 saturated carbocycles. The molecule has 1 aliphatic heterocycles. The molecule has 1 aromatic carbocycles. The topological polar surface area (TPSA) is 65.1 Å². The number of rotatable bonds is 3. The Balaban J connectivity index is 2.31. The zero-order chi connectivity index (χ0) is 14.0. The van der Waals surface area contributed by atoms with Crippen LogP contribution in [0.25, 0.3) is 0 Å². The highest BCUT2D eigenvalue weighted by atomic mass is 16.4. The lowest BCUT2D eigenvalue weighted by molar-refractivity contribution is 0.315. The Morgan fingerprint density at radius 3 is 2.79 bits per heavy atom. The first-order valence-electron chi connectivity index (χ1n) is 6.53. The van der Waals surface area contributed by atoms with Crippen molar-refractivity contribution < 1.29 is 5.21 Å². The Morgan fingerprint density at radius 1 is 1.47 bits per heavy atom. The van der Waals surface area contributed by atoms with Gasteiger partial charge in [-0.15, -0.1) is 0 Å². The van der Waals surface area contributed by atoms with Crippen molar-refractivity contribution in [2.24, 2.45) is 10.9 Å². The summed E-state index contributed by atoms with van der Waals surface area (Å²) in [5.74, 6) is 0.170. The van der Waals surface area contributed by atoms with E-state index in [1.54, 1.807) is 0 Å². The smallest absolute Gasteiger partial charge is 0.172 e. The third-order valence-electron chi connectivity index (χ3n) is 3.77. The van der Waals surface area contributed by atoms with Crippen LogP contribution in [0.1, 0.15) is 17.5 Å². The van der Waals surface area contributed by atoms with Crippen molar-refractivity contribution in [3.63, 3.8) is 0 Å². The molecule has 0 amide bonds. The van der Waals surface area contributed by atoms with Crippen LogP contribution in [0.2, 0.25) is 0 Å². The molecule has 1 heterocycles. The van der Waals surface area contributed by atoms with E-state index in [1.807, 2.05) is 12.1 Å². The molecule has 2 rings (SSSR count). The number of nitrogens with two attached hydrogens (primary N) is 1. The molecule has 0 spiro atoms. The van der Waals surface area contributed by atoms with Gasteiger partial charge in [-0.1, -0.05) is 11.2 Å². The molecule has 3 N–H and O–H groups in total. The Kier molecular flexibility index (Phi) is 3.95. The summed E-state index contributed by atoms with van der Waals surface area (Å²) >= 11 is 0. The molecule has 1 fully saturated rings. The summed E-state index contributed by atoms with van der Waals surface area (Å²) in [4.78, 5) is 4.56. The van der Waals surface area contributed by atoms with Gasteiger partial charge in [0.15, 0.2) is 5.84 Å². The first-order chi connectivity index (χ1) is 9.02. The number of benzene rings is 1. The van der Waals surface area contributed by atoms with Gasteiger partial charge in [-0.3, -0.25) is 0 Å². The van der Waals surface area contributed by atoms with Gasteiger partial charge in [0.1, 0.15) is 0 Å². The highest BCUT2D eigenvalue weighted by Crippen LogP contribution is 2.27. The standard InChI is InChI=1S/C14H22N4O/c1-10-4-5-12(14(15)16-19)13(8-10)18-7-6-11(9-18)17(2)3/h4-5,8,11,19H,6-7,9H2,1-3H3,(H2,15,16). The Morgan fingerprint density at radius 2 is 2.21 bits per heavy atom. The third-order valence-corrected chi connectivity index (χ3v) is 3.77. The Hall–Kier alpha value is -1.75. The summed E-state index contributed by atoms with van der Waals surface area (Å²) in [5.41, 5.74) is 8.80. The van der Waals surface area contributed by atoms with E-state index in [0.717, 1.165) is 30.8 Å². The number of likely N-dealkylation sites (N-methyl/N-ethyl adjacent to an activating group) is 1. The van der Waals surface area contributed by atoms with E-state index in [2.05, 4.69) is 42.0 Å². The van der Waals surface area contributed by atoms with Crippen LogP contribution in [-0.2, 0) is 0 Å². The minimum Gasteiger partial charge on any atom is -0.409 e. The minimum absolute atomic E-state index is 0.170. The van der Waals surface area contributed by atoms with Crippen LogP contribution in [0.4, 0.5) is 5.69 Å². The van der Waals surface area contributed by atoms with Gasteiger partial charge in [0.25, 0.3) is 0 Å². The van der Waals surface area contributed by atoms with Gasteiger partial charge in [0.05, 0.1) is 0 Å². The van der Waals surface area contributed by atoms with Crippen LogP contribution < -0.4 is 10.6 Å². The van der Waals surface area contributed by atoms with Crippen molar-refractivity contribution >= 4 is 11.5 Å². The maximum absolute atomic E-state index is 8.90. The zero-order valence-corrected chi connectivity index (χ0v) is 11.8. The normalized spacial score (nSPS) is 20.3. The van der Waals surface area contributed by atoms with Gasteiger partial charge in [0.2, 0.25) is 0 Å². The summed E-state index contributed by atoms with van der Waals surface area (Å²) in [5, 5.41) is 12.0. The first kappa shape index (κ1) is 13.7. The predicted molar refractivity (Wildman–Crippen MR) is 78.0 cm³/mol. The molecule has 1 aromatic rings. The van der Waals surface area contributed by atoms with Crippen LogP contribution in [-0.4, -0.2) is 49.2 Å². The van der Waals surface area contributed by atoms with Gasteiger partial charge < -0.3 is 20.7 Å². The predicted octanol–water partition coefficient (Wildman–Crippen LogP) is 1.23. The van der Waals surface area contributed by atoms with E-state index in [4.69, 9.17) is 10.9 Å². The fraction of sp³-hybridized carbons (Fsp3) is 0.500. The van der Waals surface area contributed by atoms with Gasteiger partial charge in [0, 0.05) is 30.4 Å². The molecule has 0 aromatic heterocycles. The maximum atomic E-state index is 8.90. The second kappa shape index (κ2) is 5.48. The molecule has 1 atom stereocenters. The van der Waals surface area contributed by atoms with Crippen LogP contribution in [0.3, 0.4) is 0 Å². The third kappa shape index (κ3) is 2.81. The molecular formula is C14H22N4O. The quantitative estimate of drug-likeness (QED) is 0.372. The second-order valence-electron chi connectivity index (χ2n) is 5.36. The van der Waals surface area contributed by atoms with Crippen LogP contribution in [0.5, 0.6) is 0 Å². The molecule has 104 valence electrons. The molecule has 1 aliphatic rings. The molecule has 0 bridgehead atoms. The molecule has 0 radical (unpaired) electrons. The van der Waals surface area contributed by atoms with Crippen molar-refractivity contribution in [1.82, 2.24) is 4.90 Å². The number of amidine groups is 1. The van der Waals surface area contributed by atoms with E-state index < -0.39 is 0 Å². The molecule has 1 unspecified atom stereocenters. The van der Waals surface area contributed by atoms with Crippen molar-refractivity contribution in [2.45, 2.75) is 19.4 Å². The fourth-order valence-corrected chi connectivity index (χ4v) is 2.56. The summed E-state index contributed by atoms with van der Waals surface area (Å²) in [6.07, 6.45) is 1.14. The molecule has 5 nitrogen and oxygen atoms in total. The summed E-state index contributed by atoms with van der Waals surface area (Å²) < 4.78 is 0. The van der Waals surface area contributed by atoms with Crippen molar-refractivity contribution in [1.29, 1.82) is 0 Å². The van der Waals surface area contributed by atoms with E-state index in [0.29, 0.717) is 6.04 Å². The van der Waals surface area contributed by atoms with Gasteiger partial charge in [-0.05, 0) is 45.1 Å². The number of anilines is 1. The average Bonchev–Trinajstić information content (AvgIpc) is 2.87. The number of hydrogen-bond acceptors (Lipinski definition) is 4. The average molecular weight is 262 g/mol. The van der Waals surface area contributed by atoms with E-state index in [1.165, 1.54) is 5.56 Å². The largest absolute Gasteiger partial charge is 0.409 e. The van der Waals surface area contributed by atoms with Gasteiger partial charge in [-0.2, -0.15) is 0 Å². The van der Waals surface area contributed by atoms with Gasteiger partial charge in [-0.25, -0.2) is 0 Å². The molecule has 19 heavy (non-hydrogen) atoms. The second-order valence-corrected chi connectivity index (χ2v) is 5.36.